The third-order valence-electron chi connectivity index (χ3n) is 5.11. The van der Waals surface area contributed by atoms with Gasteiger partial charge < -0.3 is 10.1 Å². The first kappa shape index (κ1) is 15.9. The number of hydrogen-bond acceptors (Lipinski definition) is 5. The molecule has 0 amide bonds. The summed E-state index contributed by atoms with van der Waals surface area (Å²) in [5.74, 6) is 1.73. The molecule has 1 aromatic heterocycles. The van der Waals surface area contributed by atoms with Crippen LogP contribution in [0.15, 0.2) is 42.6 Å². The van der Waals surface area contributed by atoms with Crippen molar-refractivity contribution in [1.82, 2.24) is 9.88 Å². The molecule has 4 rings (SSSR count). The van der Waals surface area contributed by atoms with Gasteiger partial charge in [0.05, 0.1) is 18.7 Å². The van der Waals surface area contributed by atoms with Crippen molar-refractivity contribution in [3.8, 4) is 11.8 Å². The summed E-state index contributed by atoms with van der Waals surface area (Å²) in [7, 11) is 1.71. The summed E-state index contributed by atoms with van der Waals surface area (Å²) in [6, 6.07) is 15.5. The molecule has 1 aliphatic heterocycles. The second-order valence-electron chi connectivity index (χ2n) is 6.77. The van der Waals surface area contributed by atoms with Crippen molar-refractivity contribution >= 4 is 5.82 Å². The molecule has 2 atom stereocenters. The van der Waals surface area contributed by atoms with E-state index in [1.165, 1.54) is 18.4 Å². The smallest absolute Gasteiger partial charge is 0.126 e. The Labute approximate surface area is 148 Å². The lowest BCUT2D eigenvalue weighted by Gasteiger charge is -2.29. The third kappa shape index (κ3) is 3.31. The fourth-order valence-electron chi connectivity index (χ4n) is 3.77. The van der Waals surface area contributed by atoms with Crippen molar-refractivity contribution < 1.29 is 4.74 Å². The molecule has 0 spiro atoms. The Hall–Kier alpha value is -2.58. The molecule has 2 heterocycles. The van der Waals surface area contributed by atoms with Crippen LogP contribution in [0.2, 0.25) is 0 Å². The van der Waals surface area contributed by atoms with Gasteiger partial charge in [-0.1, -0.05) is 12.1 Å². The third-order valence-corrected chi connectivity index (χ3v) is 5.11. The molecule has 2 unspecified atom stereocenters. The minimum atomic E-state index is 0.299. The SMILES string of the molecule is COc1cccc(C2C(Nc3ccc(C#N)cn3)CCN2C2CC2)c1. The number of pyridine rings is 1. The Balaban J connectivity index is 1.59. The van der Waals surface area contributed by atoms with Gasteiger partial charge in [-0.25, -0.2) is 4.98 Å². The minimum Gasteiger partial charge on any atom is -0.497 e. The summed E-state index contributed by atoms with van der Waals surface area (Å²) in [5, 5.41) is 12.5. The number of anilines is 1. The molecule has 0 bridgehead atoms. The number of benzene rings is 1. The Morgan fingerprint density at radius 3 is 2.80 bits per heavy atom. The van der Waals surface area contributed by atoms with E-state index in [9.17, 15) is 0 Å². The fraction of sp³-hybridized carbons (Fsp3) is 0.400. The van der Waals surface area contributed by atoms with Gasteiger partial charge in [0, 0.05) is 24.8 Å². The van der Waals surface area contributed by atoms with E-state index in [-0.39, 0.29) is 0 Å². The topological polar surface area (TPSA) is 61.2 Å². The van der Waals surface area contributed by atoms with E-state index >= 15 is 0 Å². The van der Waals surface area contributed by atoms with Crippen molar-refractivity contribution in [3.63, 3.8) is 0 Å². The lowest BCUT2D eigenvalue weighted by atomic mass is 9.99. The number of likely N-dealkylation sites (tertiary alicyclic amines) is 1. The normalized spacial score (nSPS) is 23.2. The Morgan fingerprint density at radius 2 is 2.12 bits per heavy atom. The van der Waals surface area contributed by atoms with Crippen LogP contribution in [0.5, 0.6) is 5.75 Å². The summed E-state index contributed by atoms with van der Waals surface area (Å²) < 4.78 is 5.42. The van der Waals surface area contributed by atoms with Crippen molar-refractivity contribution in [2.45, 2.75) is 37.4 Å². The molecule has 1 N–H and O–H groups in total. The maximum Gasteiger partial charge on any atom is 0.126 e. The maximum absolute atomic E-state index is 8.93. The lowest BCUT2D eigenvalue weighted by Crippen LogP contribution is -2.32. The summed E-state index contributed by atoms with van der Waals surface area (Å²) >= 11 is 0. The zero-order valence-electron chi connectivity index (χ0n) is 14.4. The first-order chi connectivity index (χ1) is 12.3. The number of methoxy groups -OCH3 is 1. The molecule has 1 saturated heterocycles. The summed E-state index contributed by atoms with van der Waals surface area (Å²) in [4.78, 5) is 7.00. The van der Waals surface area contributed by atoms with E-state index in [1.54, 1.807) is 13.3 Å². The Kier molecular flexibility index (Phi) is 4.29. The van der Waals surface area contributed by atoms with E-state index in [0.717, 1.165) is 24.5 Å². The molecule has 1 aromatic carbocycles. The number of hydrogen-bond donors (Lipinski definition) is 1. The van der Waals surface area contributed by atoms with Crippen LogP contribution in [0.3, 0.4) is 0 Å². The number of nitrogens with zero attached hydrogens (tertiary/aromatic N) is 3. The predicted molar refractivity (Wildman–Crippen MR) is 96.4 cm³/mol. The van der Waals surface area contributed by atoms with E-state index in [0.29, 0.717) is 23.7 Å². The van der Waals surface area contributed by atoms with Crippen LogP contribution in [0, 0.1) is 11.3 Å². The second-order valence-corrected chi connectivity index (χ2v) is 6.77. The summed E-state index contributed by atoms with van der Waals surface area (Å²) in [5.41, 5.74) is 1.87. The van der Waals surface area contributed by atoms with Crippen LogP contribution >= 0.6 is 0 Å². The quantitative estimate of drug-likeness (QED) is 0.908. The van der Waals surface area contributed by atoms with E-state index in [4.69, 9.17) is 10.00 Å². The highest BCUT2D eigenvalue weighted by Gasteiger charge is 2.42. The highest BCUT2D eigenvalue weighted by atomic mass is 16.5. The van der Waals surface area contributed by atoms with Crippen LogP contribution in [0.25, 0.3) is 0 Å². The van der Waals surface area contributed by atoms with E-state index in [2.05, 4.69) is 39.5 Å². The predicted octanol–water partition coefficient (Wildman–Crippen LogP) is 3.35. The van der Waals surface area contributed by atoms with Gasteiger partial charge in [-0.15, -0.1) is 0 Å². The molecule has 2 aliphatic rings. The molecule has 2 aromatic rings. The molecule has 128 valence electrons. The van der Waals surface area contributed by atoms with Gasteiger partial charge in [-0.05, 0) is 49.1 Å². The van der Waals surface area contributed by atoms with Crippen molar-refractivity contribution in [3.05, 3.63) is 53.7 Å². The van der Waals surface area contributed by atoms with Gasteiger partial charge in [-0.3, -0.25) is 4.90 Å². The van der Waals surface area contributed by atoms with E-state index < -0.39 is 0 Å². The first-order valence-electron chi connectivity index (χ1n) is 8.81. The summed E-state index contributed by atoms with van der Waals surface area (Å²) in [6.07, 6.45) is 5.29. The molecule has 25 heavy (non-hydrogen) atoms. The second kappa shape index (κ2) is 6.73. The standard InChI is InChI=1S/C20H22N4O/c1-25-17-4-2-3-15(11-17)20-18(9-10-24(20)16-6-7-16)23-19-8-5-14(12-21)13-22-19/h2-5,8,11,13,16,18,20H,6-7,9-10H2,1H3,(H,22,23). The van der Waals surface area contributed by atoms with Gasteiger partial charge in [0.2, 0.25) is 0 Å². The average molecular weight is 334 g/mol. The summed E-state index contributed by atoms with van der Waals surface area (Å²) in [6.45, 7) is 1.10. The van der Waals surface area contributed by atoms with Gasteiger partial charge in [0.25, 0.3) is 0 Å². The largest absolute Gasteiger partial charge is 0.497 e. The molecular formula is C20H22N4O. The fourth-order valence-corrected chi connectivity index (χ4v) is 3.77. The molecule has 5 nitrogen and oxygen atoms in total. The van der Waals surface area contributed by atoms with Gasteiger partial charge in [0.1, 0.15) is 17.6 Å². The number of rotatable bonds is 5. The van der Waals surface area contributed by atoms with Crippen LogP contribution in [0.4, 0.5) is 5.82 Å². The highest BCUT2D eigenvalue weighted by molar-refractivity contribution is 5.42. The Bertz CT molecular complexity index is 779. The van der Waals surface area contributed by atoms with Gasteiger partial charge in [0.15, 0.2) is 0 Å². The number of nitriles is 1. The van der Waals surface area contributed by atoms with Gasteiger partial charge >= 0.3 is 0 Å². The van der Waals surface area contributed by atoms with Crippen molar-refractivity contribution in [2.75, 3.05) is 19.0 Å². The van der Waals surface area contributed by atoms with Crippen LogP contribution in [-0.2, 0) is 0 Å². The van der Waals surface area contributed by atoms with Gasteiger partial charge in [-0.2, -0.15) is 5.26 Å². The van der Waals surface area contributed by atoms with Crippen molar-refractivity contribution in [1.29, 1.82) is 5.26 Å². The minimum absolute atomic E-state index is 0.299. The van der Waals surface area contributed by atoms with E-state index in [1.807, 2.05) is 18.2 Å². The average Bonchev–Trinajstić information content (AvgIpc) is 3.43. The molecule has 0 radical (unpaired) electrons. The number of aromatic nitrogens is 1. The molecule has 2 fully saturated rings. The molecule has 5 heteroatoms. The molecule has 1 saturated carbocycles. The Morgan fingerprint density at radius 1 is 1.24 bits per heavy atom. The zero-order chi connectivity index (χ0) is 17.2. The van der Waals surface area contributed by atoms with Crippen LogP contribution in [-0.4, -0.2) is 35.6 Å². The molecule has 1 aliphatic carbocycles. The first-order valence-corrected chi connectivity index (χ1v) is 8.81. The monoisotopic (exact) mass is 334 g/mol. The zero-order valence-corrected chi connectivity index (χ0v) is 14.4. The van der Waals surface area contributed by atoms with Crippen molar-refractivity contribution in [2.24, 2.45) is 0 Å². The maximum atomic E-state index is 8.93. The van der Waals surface area contributed by atoms with Crippen LogP contribution in [0.1, 0.15) is 36.4 Å². The lowest BCUT2D eigenvalue weighted by molar-refractivity contribution is 0.240. The highest BCUT2D eigenvalue weighted by Crippen LogP contribution is 2.42. The molecular weight excluding hydrogens is 312 g/mol. The number of ether oxygens (including phenoxy) is 1. The number of nitrogens with one attached hydrogen (secondary N) is 1. The van der Waals surface area contributed by atoms with Crippen LogP contribution < -0.4 is 10.1 Å².